The molecule has 0 saturated carbocycles. The van der Waals surface area contributed by atoms with Crippen LogP contribution in [0.2, 0.25) is 5.02 Å². The molecule has 84 valence electrons. The lowest BCUT2D eigenvalue weighted by Crippen LogP contribution is -2.12. The number of nitrogens with zero attached hydrogens (tertiary/aromatic N) is 2. The Bertz CT molecular complexity index is 340. The van der Waals surface area contributed by atoms with Crippen LogP contribution >= 0.6 is 11.6 Å². The fourth-order valence-electron chi connectivity index (χ4n) is 2.20. The predicted octanol–water partition coefficient (Wildman–Crippen LogP) is 1.79. The molecule has 1 saturated heterocycles. The Labute approximate surface area is 95.8 Å². The normalized spacial score (nSPS) is 21.1. The van der Waals surface area contributed by atoms with E-state index in [9.17, 15) is 0 Å². The van der Waals surface area contributed by atoms with Crippen molar-refractivity contribution >= 4 is 11.6 Å². The Hall–Kier alpha value is -0.540. The first-order valence-corrected chi connectivity index (χ1v) is 6.01. The first-order chi connectivity index (χ1) is 7.22. The lowest BCUT2D eigenvalue weighted by molar-refractivity contribution is 0.548. The summed E-state index contributed by atoms with van der Waals surface area (Å²) in [5.74, 6) is 0.725. The SMILES string of the molecule is CCc1nn(C)c(CC2CCNC2)c1Cl. The van der Waals surface area contributed by atoms with Gasteiger partial charge in [-0.05, 0) is 38.3 Å². The molecule has 2 rings (SSSR count). The van der Waals surface area contributed by atoms with E-state index in [0.29, 0.717) is 0 Å². The van der Waals surface area contributed by atoms with Crippen LogP contribution in [0.15, 0.2) is 0 Å². The van der Waals surface area contributed by atoms with Crippen molar-refractivity contribution < 1.29 is 0 Å². The van der Waals surface area contributed by atoms with Gasteiger partial charge < -0.3 is 5.32 Å². The fraction of sp³-hybridized carbons (Fsp3) is 0.727. The largest absolute Gasteiger partial charge is 0.316 e. The van der Waals surface area contributed by atoms with Crippen molar-refractivity contribution in [3.63, 3.8) is 0 Å². The Kier molecular flexibility index (Phi) is 3.32. The molecule has 1 aromatic rings. The maximum Gasteiger partial charge on any atom is 0.0849 e. The summed E-state index contributed by atoms with van der Waals surface area (Å²) in [4.78, 5) is 0. The average molecular weight is 228 g/mol. The smallest absolute Gasteiger partial charge is 0.0849 e. The summed E-state index contributed by atoms with van der Waals surface area (Å²) < 4.78 is 1.94. The molecule has 15 heavy (non-hydrogen) atoms. The standard InChI is InChI=1S/C11H18ClN3/c1-3-9-11(12)10(15(2)14-9)6-8-4-5-13-7-8/h8,13H,3-7H2,1-2H3. The van der Waals surface area contributed by atoms with Crippen molar-refractivity contribution in [2.45, 2.75) is 26.2 Å². The van der Waals surface area contributed by atoms with Crippen molar-refractivity contribution in [2.24, 2.45) is 13.0 Å². The van der Waals surface area contributed by atoms with Gasteiger partial charge in [0.15, 0.2) is 0 Å². The third kappa shape index (κ3) is 2.18. The summed E-state index contributed by atoms with van der Waals surface area (Å²) >= 11 is 6.30. The van der Waals surface area contributed by atoms with Gasteiger partial charge in [-0.15, -0.1) is 0 Å². The van der Waals surface area contributed by atoms with Crippen LogP contribution in [0.25, 0.3) is 0 Å². The van der Waals surface area contributed by atoms with E-state index in [-0.39, 0.29) is 0 Å². The molecule has 0 aliphatic carbocycles. The first-order valence-electron chi connectivity index (χ1n) is 5.63. The predicted molar refractivity (Wildman–Crippen MR) is 62.3 cm³/mol. The number of hydrogen-bond donors (Lipinski definition) is 1. The average Bonchev–Trinajstić information content (AvgIpc) is 2.81. The molecule has 2 heterocycles. The van der Waals surface area contributed by atoms with Crippen LogP contribution in [0.4, 0.5) is 0 Å². The van der Waals surface area contributed by atoms with E-state index in [0.717, 1.165) is 42.6 Å². The fourth-order valence-corrected chi connectivity index (χ4v) is 2.57. The lowest BCUT2D eigenvalue weighted by atomic mass is 10.0. The summed E-state index contributed by atoms with van der Waals surface area (Å²) in [7, 11) is 1.99. The summed E-state index contributed by atoms with van der Waals surface area (Å²) in [5.41, 5.74) is 2.22. The number of aromatic nitrogens is 2. The van der Waals surface area contributed by atoms with Crippen LogP contribution in [0, 0.1) is 5.92 Å². The summed E-state index contributed by atoms with van der Waals surface area (Å²) in [6.07, 6.45) is 3.22. The van der Waals surface area contributed by atoms with Gasteiger partial charge >= 0.3 is 0 Å². The van der Waals surface area contributed by atoms with Crippen molar-refractivity contribution in [3.8, 4) is 0 Å². The Morgan fingerprint density at radius 2 is 2.40 bits per heavy atom. The van der Waals surface area contributed by atoms with Gasteiger partial charge in [0.1, 0.15) is 0 Å². The number of rotatable bonds is 3. The molecule has 0 spiro atoms. The highest BCUT2D eigenvalue weighted by atomic mass is 35.5. The van der Waals surface area contributed by atoms with E-state index < -0.39 is 0 Å². The minimum absolute atomic E-state index is 0.725. The molecular weight excluding hydrogens is 210 g/mol. The topological polar surface area (TPSA) is 29.9 Å². The molecule has 0 amide bonds. The van der Waals surface area contributed by atoms with Gasteiger partial charge in [0.2, 0.25) is 0 Å². The van der Waals surface area contributed by atoms with Crippen LogP contribution in [0.3, 0.4) is 0 Å². The molecule has 4 heteroatoms. The maximum absolute atomic E-state index is 6.30. The molecule has 1 fully saturated rings. The monoisotopic (exact) mass is 227 g/mol. The molecule has 1 atom stereocenters. The number of nitrogens with one attached hydrogen (secondary N) is 1. The molecule has 0 radical (unpaired) electrons. The second kappa shape index (κ2) is 4.54. The van der Waals surface area contributed by atoms with Gasteiger partial charge in [0, 0.05) is 7.05 Å². The Morgan fingerprint density at radius 3 is 2.93 bits per heavy atom. The highest BCUT2D eigenvalue weighted by Crippen LogP contribution is 2.25. The van der Waals surface area contributed by atoms with E-state index in [1.54, 1.807) is 0 Å². The van der Waals surface area contributed by atoms with Gasteiger partial charge in [0.25, 0.3) is 0 Å². The number of halogens is 1. The van der Waals surface area contributed by atoms with Crippen molar-refractivity contribution in [3.05, 3.63) is 16.4 Å². The molecule has 1 N–H and O–H groups in total. The quantitative estimate of drug-likeness (QED) is 0.854. The Balaban J connectivity index is 2.15. The highest BCUT2D eigenvalue weighted by molar-refractivity contribution is 6.31. The Morgan fingerprint density at radius 1 is 1.60 bits per heavy atom. The zero-order valence-electron chi connectivity index (χ0n) is 9.39. The number of aryl methyl sites for hydroxylation is 2. The summed E-state index contributed by atoms with van der Waals surface area (Å²) in [6, 6.07) is 0. The van der Waals surface area contributed by atoms with Gasteiger partial charge in [-0.3, -0.25) is 4.68 Å². The molecule has 1 aromatic heterocycles. The zero-order chi connectivity index (χ0) is 10.8. The van der Waals surface area contributed by atoms with E-state index in [1.165, 1.54) is 12.1 Å². The van der Waals surface area contributed by atoms with Gasteiger partial charge in [-0.25, -0.2) is 0 Å². The van der Waals surface area contributed by atoms with Crippen LogP contribution in [0.5, 0.6) is 0 Å². The zero-order valence-corrected chi connectivity index (χ0v) is 10.1. The van der Waals surface area contributed by atoms with Crippen LogP contribution in [-0.4, -0.2) is 22.9 Å². The van der Waals surface area contributed by atoms with Crippen LogP contribution in [0.1, 0.15) is 24.7 Å². The van der Waals surface area contributed by atoms with Gasteiger partial charge in [0.05, 0.1) is 16.4 Å². The number of hydrogen-bond acceptors (Lipinski definition) is 2. The molecule has 1 aliphatic heterocycles. The van der Waals surface area contributed by atoms with Crippen LogP contribution < -0.4 is 5.32 Å². The van der Waals surface area contributed by atoms with Crippen molar-refractivity contribution in [2.75, 3.05) is 13.1 Å². The summed E-state index contributed by atoms with van der Waals surface area (Å²) in [5, 5.41) is 8.70. The van der Waals surface area contributed by atoms with E-state index in [1.807, 2.05) is 11.7 Å². The minimum atomic E-state index is 0.725. The van der Waals surface area contributed by atoms with Crippen LogP contribution in [-0.2, 0) is 19.9 Å². The molecule has 0 bridgehead atoms. The van der Waals surface area contributed by atoms with E-state index >= 15 is 0 Å². The second-order valence-electron chi connectivity index (χ2n) is 4.25. The third-order valence-corrected chi connectivity index (χ3v) is 3.58. The maximum atomic E-state index is 6.30. The highest BCUT2D eigenvalue weighted by Gasteiger charge is 2.20. The van der Waals surface area contributed by atoms with E-state index in [4.69, 9.17) is 11.6 Å². The van der Waals surface area contributed by atoms with Gasteiger partial charge in [-0.1, -0.05) is 18.5 Å². The first kappa shape index (κ1) is 11.0. The minimum Gasteiger partial charge on any atom is -0.316 e. The third-order valence-electron chi connectivity index (χ3n) is 3.15. The molecule has 1 unspecified atom stereocenters. The molecule has 1 aliphatic rings. The summed E-state index contributed by atoms with van der Waals surface area (Å²) in [6.45, 7) is 4.35. The lowest BCUT2D eigenvalue weighted by Gasteiger charge is -2.08. The second-order valence-corrected chi connectivity index (χ2v) is 4.63. The molecule has 3 nitrogen and oxygen atoms in total. The van der Waals surface area contributed by atoms with Crippen molar-refractivity contribution in [1.29, 1.82) is 0 Å². The van der Waals surface area contributed by atoms with Crippen molar-refractivity contribution in [1.82, 2.24) is 15.1 Å². The molecule has 0 aromatic carbocycles. The van der Waals surface area contributed by atoms with E-state index in [2.05, 4.69) is 17.3 Å². The van der Waals surface area contributed by atoms with Gasteiger partial charge in [-0.2, -0.15) is 5.10 Å². The molecular formula is C11H18ClN3.